The lowest BCUT2D eigenvalue weighted by atomic mass is 10.1. The van der Waals surface area contributed by atoms with Crippen LogP contribution in [-0.4, -0.2) is 0 Å². The molecule has 140 valence electrons. The summed E-state index contributed by atoms with van der Waals surface area (Å²) in [5, 5.41) is 0. The van der Waals surface area contributed by atoms with Gasteiger partial charge in [-0.15, -0.1) is 0 Å². The Morgan fingerprint density at radius 1 is 0.480 bits per heavy atom. The van der Waals surface area contributed by atoms with E-state index in [9.17, 15) is 0 Å². The van der Waals surface area contributed by atoms with Crippen molar-refractivity contribution in [3.63, 3.8) is 0 Å². The molecule has 0 aromatic rings. The van der Waals surface area contributed by atoms with E-state index in [1.807, 2.05) is 0 Å². The Hall–Kier alpha value is -1.24. The van der Waals surface area contributed by atoms with Gasteiger partial charge >= 0.3 is 0 Å². The Morgan fingerprint density at radius 2 is 0.880 bits per heavy atom. The minimum absolute atomic E-state index is 1.07. The smallest absolute Gasteiger partial charge is 0.104 e. The summed E-state index contributed by atoms with van der Waals surface area (Å²) < 4.78 is 6.36. The fourth-order valence-corrected chi connectivity index (χ4v) is 3.59. The van der Waals surface area contributed by atoms with Crippen LogP contribution >= 0.6 is 0 Å². The molecule has 1 heteroatoms. The summed E-state index contributed by atoms with van der Waals surface area (Å²) in [6, 6.07) is 0. The maximum Gasteiger partial charge on any atom is 0.104 e. The second-order valence-corrected chi connectivity index (χ2v) is 7.54. The van der Waals surface area contributed by atoms with Crippen LogP contribution in [0.25, 0.3) is 0 Å². The third-order valence-corrected chi connectivity index (χ3v) is 5.19. The normalized spacial score (nSPS) is 25.8. The molecule has 0 spiro atoms. The van der Waals surface area contributed by atoms with Crippen molar-refractivity contribution in [2.24, 2.45) is 0 Å². The summed E-state index contributed by atoms with van der Waals surface area (Å²) in [6.45, 7) is 0. The van der Waals surface area contributed by atoms with Crippen molar-refractivity contribution in [3.05, 3.63) is 48.0 Å². The molecule has 0 heterocycles. The Morgan fingerprint density at radius 3 is 1.36 bits per heavy atom. The SMILES string of the molecule is C1=CCCCCCCCCC(O/C2=C/C=C/CCCCCCCC2)=C1. The molecule has 0 unspecified atom stereocenters. The van der Waals surface area contributed by atoms with Crippen LogP contribution in [0.4, 0.5) is 0 Å². The second kappa shape index (κ2) is 14.0. The van der Waals surface area contributed by atoms with Gasteiger partial charge in [-0.1, -0.05) is 75.7 Å². The van der Waals surface area contributed by atoms with E-state index in [2.05, 4.69) is 36.5 Å². The predicted octanol–water partition coefficient (Wildman–Crippen LogP) is 8.15. The summed E-state index contributed by atoms with van der Waals surface area (Å²) >= 11 is 0. The lowest BCUT2D eigenvalue weighted by Gasteiger charge is -2.14. The van der Waals surface area contributed by atoms with Crippen molar-refractivity contribution < 1.29 is 4.74 Å². The van der Waals surface area contributed by atoms with Gasteiger partial charge in [0.1, 0.15) is 11.5 Å². The van der Waals surface area contributed by atoms with E-state index in [1.54, 1.807) is 0 Å². The van der Waals surface area contributed by atoms with Gasteiger partial charge in [-0.05, 0) is 50.7 Å². The predicted molar refractivity (Wildman–Crippen MR) is 109 cm³/mol. The molecule has 0 radical (unpaired) electrons. The molecule has 0 aliphatic heterocycles. The van der Waals surface area contributed by atoms with Crippen molar-refractivity contribution >= 4 is 0 Å². The lowest BCUT2D eigenvalue weighted by Crippen LogP contribution is -1.96. The number of hydrogen-bond acceptors (Lipinski definition) is 1. The fraction of sp³-hybridized carbons (Fsp3) is 0.667. The Balaban J connectivity index is 1.96. The summed E-state index contributed by atoms with van der Waals surface area (Å²) in [5.74, 6) is 2.31. The molecule has 0 atom stereocenters. The molecule has 0 saturated carbocycles. The highest BCUT2D eigenvalue weighted by Gasteiger charge is 2.05. The van der Waals surface area contributed by atoms with Crippen molar-refractivity contribution in [1.29, 1.82) is 0 Å². The fourth-order valence-electron chi connectivity index (χ4n) is 3.59. The van der Waals surface area contributed by atoms with E-state index in [0.29, 0.717) is 0 Å². The van der Waals surface area contributed by atoms with Crippen LogP contribution in [0.2, 0.25) is 0 Å². The van der Waals surface area contributed by atoms with E-state index in [1.165, 1.54) is 89.9 Å². The number of hydrogen-bond donors (Lipinski definition) is 0. The minimum atomic E-state index is 1.07. The highest BCUT2D eigenvalue weighted by atomic mass is 16.5. The Kier molecular flexibility index (Phi) is 11.2. The first-order valence-electron chi connectivity index (χ1n) is 10.8. The van der Waals surface area contributed by atoms with Crippen LogP contribution in [0.1, 0.15) is 103 Å². The van der Waals surface area contributed by atoms with Gasteiger partial charge in [0.15, 0.2) is 0 Å². The van der Waals surface area contributed by atoms with Crippen LogP contribution in [0.15, 0.2) is 48.0 Å². The van der Waals surface area contributed by atoms with Gasteiger partial charge in [0.05, 0.1) is 0 Å². The molecule has 0 saturated heterocycles. The minimum Gasteiger partial charge on any atom is -0.466 e. The van der Waals surface area contributed by atoms with Gasteiger partial charge in [0.25, 0.3) is 0 Å². The van der Waals surface area contributed by atoms with Crippen LogP contribution < -0.4 is 0 Å². The maximum atomic E-state index is 6.36. The second-order valence-electron chi connectivity index (χ2n) is 7.54. The summed E-state index contributed by atoms with van der Waals surface area (Å²) in [6.07, 6.45) is 34.2. The van der Waals surface area contributed by atoms with Gasteiger partial charge in [0, 0.05) is 12.8 Å². The summed E-state index contributed by atoms with van der Waals surface area (Å²) in [7, 11) is 0. The van der Waals surface area contributed by atoms with E-state index < -0.39 is 0 Å². The highest BCUT2D eigenvalue weighted by molar-refractivity contribution is 5.14. The molecule has 2 aliphatic rings. The van der Waals surface area contributed by atoms with Gasteiger partial charge in [-0.25, -0.2) is 0 Å². The zero-order valence-corrected chi connectivity index (χ0v) is 16.2. The first-order valence-corrected chi connectivity index (χ1v) is 10.8. The number of rotatable bonds is 2. The molecular weight excluding hydrogens is 304 g/mol. The molecule has 0 N–H and O–H groups in total. The molecule has 2 rings (SSSR count). The van der Waals surface area contributed by atoms with Gasteiger partial charge in [0.2, 0.25) is 0 Å². The zero-order valence-electron chi connectivity index (χ0n) is 16.2. The monoisotopic (exact) mass is 342 g/mol. The average Bonchev–Trinajstić information content (AvgIpc) is 2.59. The van der Waals surface area contributed by atoms with Crippen molar-refractivity contribution in [3.8, 4) is 0 Å². The first-order chi connectivity index (χ1) is 12.4. The van der Waals surface area contributed by atoms with Crippen molar-refractivity contribution in [1.82, 2.24) is 0 Å². The average molecular weight is 343 g/mol. The standard InChI is InChI=1S/C24H38O/c1-3-7-11-15-19-23(20-16-12-8-4-1)25-24-21-17-13-9-5-2-6-10-14-18-22-24/h11,13,15,17,19,21H,1-10,12,14,16,18,20,22H2/b15-11+,17-13?,23-19+,24-21?. The number of ether oxygens (including phenoxy) is 1. The van der Waals surface area contributed by atoms with E-state index in [4.69, 9.17) is 4.74 Å². The Labute approximate surface area is 155 Å². The Bertz CT molecular complexity index is 411. The molecule has 0 bridgehead atoms. The van der Waals surface area contributed by atoms with Crippen LogP contribution in [-0.2, 0) is 4.74 Å². The first kappa shape index (κ1) is 20.1. The van der Waals surface area contributed by atoms with E-state index in [0.717, 1.165) is 24.4 Å². The van der Waals surface area contributed by atoms with Crippen LogP contribution in [0.5, 0.6) is 0 Å². The molecule has 0 aromatic carbocycles. The van der Waals surface area contributed by atoms with Crippen molar-refractivity contribution in [2.75, 3.05) is 0 Å². The largest absolute Gasteiger partial charge is 0.466 e. The molecule has 1 nitrogen and oxygen atoms in total. The van der Waals surface area contributed by atoms with Crippen LogP contribution in [0.3, 0.4) is 0 Å². The van der Waals surface area contributed by atoms with Gasteiger partial charge in [-0.2, -0.15) is 0 Å². The van der Waals surface area contributed by atoms with E-state index >= 15 is 0 Å². The van der Waals surface area contributed by atoms with Crippen LogP contribution in [0, 0.1) is 0 Å². The molecule has 2 aliphatic carbocycles. The van der Waals surface area contributed by atoms with Crippen molar-refractivity contribution in [2.45, 2.75) is 103 Å². The third kappa shape index (κ3) is 10.4. The maximum absolute atomic E-state index is 6.36. The zero-order chi connectivity index (χ0) is 17.4. The van der Waals surface area contributed by atoms with E-state index in [-0.39, 0.29) is 0 Å². The molecular formula is C24H38O. The topological polar surface area (TPSA) is 9.23 Å². The molecule has 0 fully saturated rings. The highest BCUT2D eigenvalue weighted by Crippen LogP contribution is 2.21. The lowest BCUT2D eigenvalue weighted by molar-refractivity contribution is 0.270. The number of allylic oxidation sites excluding steroid dienone is 8. The molecule has 0 amide bonds. The third-order valence-electron chi connectivity index (χ3n) is 5.19. The molecule has 25 heavy (non-hydrogen) atoms. The summed E-state index contributed by atoms with van der Waals surface area (Å²) in [4.78, 5) is 0. The molecule has 0 aromatic heterocycles. The quantitative estimate of drug-likeness (QED) is 0.492. The van der Waals surface area contributed by atoms with Gasteiger partial charge in [-0.3, -0.25) is 0 Å². The van der Waals surface area contributed by atoms with Gasteiger partial charge < -0.3 is 4.74 Å². The summed E-state index contributed by atoms with van der Waals surface area (Å²) in [5.41, 5.74) is 0.